The molecule has 1 aliphatic carbocycles. The van der Waals surface area contributed by atoms with Crippen LogP contribution in [0.5, 0.6) is 0 Å². The molecule has 0 radical (unpaired) electrons. The van der Waals surface area contributed by atoms with Gasteiger partial charge in [0, 0.05) is 12.5 Å². The maximum atomic E-state index is 12.3. The van der Waals surface area contributed by atoms with Crippen molar-refractivity contribution in [3.8, 4) is 0 Å². The fourth-order valence-electron chi connectivity index (χ4n) is 2.64. The summed E-state index contributed by atoms with van der Waals surface area (Å²) in [4.78, 5) is 12.3. The highest BCUT2D eigenvalue weighted by atomic mass is 35.5. The van der Waals surface area contributed by atoms with Crippen molar-refractivity contribution in [3.63, 3.8) is 0 Å². The number of hydrogen-bond donors (Lipinski definition) is 2. The summed E-state index contributed by atoms with van der Waals surface area (Å²) >= 11 is 0. The summed E-state index contributed by atoms with van der Waals surface area (Å²) < 4.78 is 0. The minimum atomic E-state index is -0.300. The summed E-state index contributed by atoms with van der Waals surface area (Å²) in [6.07, 6.45) is 0. The van der Waals surface area contributed by atoms with Gasteiger partial charge in [-0.15, -0.1) is 12.4 Å². The number of nitrogens with two attached hydrogens (primary N) is 1. The lowest BCUT2D eigenvalue weighted by Gasteiger charge is -2.34. The van der Waals surface area contributed by atoms with E-state index in [-0.39, 0.29) is 40.6 Å². The molecule has 1 aliphatic rings. The maximum Gasteiger partial charge on any atom is 0.224 e. The van der Waals surface area contributed by atoms with Gasteiger partial charge in [-0.1, -0.05) is 41.5 Å². The highest BCUT2D eigenvalue weighted by Gasteiger charge is 2.68. The average Bonchev–Trinajstić information content (AvgIpc) is 2.56. The topological polar surface area (TPSA) is 55.1 Å². The summed E-state index contributed by atoms with van der Waals surface area (Å²) in [5, 5.41) is 3.15. The van der Waals surface area contributed by atoms with Crippen molar-refractivity contribution in [2.45, 2.75) is 54.0 Å². The Kier molecular flexibility index (Phi) is 4.93. The predicted molar refractivity (Wildman–Crippen MR) is 78.7 cm³/mol. The van der Waals surface area contributed by atoms with Gasteiger partial charge in [-0.05, 0) is 23.7 Å². The van der Waals surface area contributed by atoms with Crippen LogP contribution in [0.2, 0.25) is 0 Å². The predicted octanol–water partition coefficient (Wildman–Crippen LogP) is 2.58. The van der Waals surface area contributed by atoms with Crippen LogP contribution < -0.4 is 11.1 Å². The zero-order chi connectivity index (χ0) is 13.6. The first-order valence-electron chi connectivity index (χ1n) is 6.53. The number of carbonyl (C=O) groups excluding carboxylic acids is 1. The van der Waals surface area contributed by atoms with Crippen molar-refractivity contribution < 1.29 is 4.79 Å². The van der Waals surface area contributed by atoms with Gasteiger partial charge >= 0.3 is 0 Å². The molecule has 1 unspecified atom stereocenters. The molecule has 18 heavy (non-hydrogen) atoms. The fraction of sp³-hybridized carbons (Fsp3) is 0.929. The smallest absolute Gasteiger partial charge is 0.224 e. The van der Waals surface area contributed by atoms with Crippen LogP contribution in [0.3, 0.4) is 0 Å². The second kappa shape index (κ2) is 5.01. The van der Waals surface area contributed by atoms with Gasteiger partial charge in [-0.25, -0.2) is 0 Å². The van der Waals surface area contributed by atoms with E-state index in [1.807, 2.05) is 6.92 Å². The number of rotatable bonds is 4. The molecule has 0 bridgehead atoms. The van der Waals surface area contributed by atoms with Crippen LogP contribution in [-0.2, 0) is 4.79 Å². The van der Waals surface area contributed by atoms with Gasteiger partial charge in [0.15, 0.2) is 0 Å². The summed E-state index contributed by atoms with van der Waals surface area (Å²) in [5.41, 5.74) is 5.67. The van der Waals surface area contributed by atoms with Crippen LogP contribution in [0.25, 0.3) is 0 Å². The van der Waals surface area contributed by atoms with Crippen molar-refractivity contribution in [3.05, 3.63) is 0 Å². The third kappa shape index (κ3) is 2.53. The van der Waals surface area contributed by atoms with Crippen LogP contribution in [0.1, 0.15) is 48.5 Å². The number of amides is 1. The Morgan fingerprint density at radius 1 is 1.28 bits per heavy atom. The molecule has 0 aromatic rings. The normalized spacial score (nSPS) is 24.1. The molecule has 1 atom stereocenters. The molecule has 3 N–H and O–H groups in total. The van der Waals surface area contributed by atoms with E-state index < -0.39 is 0 Å². The van der Waals surface area contributed by atoms with Gasteiger partial charge in [0.2, 0.25) is 5.91 Å². The van der Waals surface area contributed by atoms with Crippen LogP contribution in [-0.4, -0.2) is 18.0 Å². The molecule has 1 saturated carbocycles. The Balaban J connectivity index is 0.00000289. The largest absolute Gasteiger partial charge is 0.349 e. The first-order chi connectivity index (χ1) is 7.50. The van der Waals surface area contributed by atoms with Crippen molar-refractivity contribution in [2.75, 3.05) is 6.54 Å². The van der Waals surface area contributed by atoms with Crippen LogP contribution in [0.4, 0.5) is 0 Å². The lowest BCUT2D eigenvalue weighted by atomic mass is 9.88. The standard InChI is InChI=1S/C14H28N2O.ClH/c1-9(2)14(7,8-15)16-11(17)10-12(3,4)13(10,5)6;/h9-10H,8,15H2,1-7H3,(H,16,17);1H. The van der Waals surface area contributed by atoms with Gasteiger partial charge in [-0.3, -0.25) is 4.79 Å². The molecule has 3 nitrogen and oxygen atoms in total. The Hall–Kier alpha value is -0.280. The summed E-state index contributed by atoms with van der Waals surface area (Å²) in [5.74, 6) is 0.586. The molecule has 0 saturated heterocycles. The second-order valence-electron chi connectivity index (χ2n) is 7.14. The van der Waals surface area contributed by atoms with Crippen LogP contribution in [0, 0.1) is 22.7 Å². The Labute approximate surface area is 118 Å². The van der Waals surface area contributed by atoms with E-state index in [1.54, 1.807) is 0 Å². The third-order valence-corrected chi connectivity index (χ3v) is 5.39. The molecular weight excluding hydrogens is 248 g/mol. The van der Waals surface area contributed by atoms with E-state index in [4.69, 9.17) is 5.73 Å². The van der Waals surface area contributed by atoms with Gasteiger partial charge < -0.3 is 11.1 Å². The zero-order valence-electron chi connectivity index (χ0n) is 12.8. The number of halogens is 1. The Bertz CT molecular complexity index is 312. The van der Waals surface area contributed by atoms with Crippen molar-refractivity contribution in [1.29, 1.82) is 0 Å². The monoisotopic (exact) mass is 276 g/mol. The lowest BCUT2D eigenvalue weighted by Crippen LogP contribution is -2.55. The molecule has 0 heterocycles. The van der Waals surface area contributed by atoms with Gasteiger partial charge in [0.25, 0.3) is 0 Å². The van der Waals surface area contributed by atoms with E-state index >= 15 is 0 Å². The molecule has 1 fully saturated rings. The molecule has 0 spiro atoms. The van der Waals surface area contributed by atoms with E-state index in [1.165, 1.54) is 0 Å². The van der Waals surface area contributed by atoms with Crippen LogP contribution in [0.15, 0.2) is 0 Å². The molecule has 0 aromatic carbocycles. The molecular formula is C14H29ClN2O. The fourth-order valence-corrected chi connectivity index (χ4v) is 2.64. The number of nitrogens with one attached hydrogen (secondary N) is 1. The lowest BCUT2D eigenvalue weighted by molar-refractivity contribution is -0.125. The summed E-state index contributed by atoms with van der Waals surface area (Å²) in [7, 11) is 0. The maximum absolute atomic E-state index is 12.3. The molecule has 108 valence electrons. The van der Waals surface area contributed by atoms with E-state index in [0.29, 0.717) is 12.5 Å². The summed E-state index contributed by atoms with van der Waals surface area (Å²) in [6.45, 7) is 15.3. The van der Waals surface area contributed by atoms with E-state index in [0.717, 1.165) is 0 Å². The Morgan fingerprint density at radius 2 is 1.67 bits per heavy atom. The highest BCUT2D eigenvalue weighted by molar-refractivity contribution is 5.85. The van der Waals surface area contributed by atoms with Gasteiger partial charge in [0.1, 0.15) is 0 Å². The summed E-state index contributed by atoms with van der Waals surface area (Å²) in [6, 6.07) is 0. The average molecular weight is 277 g/mol. The van der Waals surface area contributed by atoms with Crippen molar-refractivity contribution in [1.82, 2.24) is 5.32 Å². The minimum absolute atomic E-state index is 0. The second-order valence-corrected chi connectivity index (χ2v) is 7.14. The third-order valence-electron chi connectivity index (χ3n) is 5.39. The van der Waals surface area contributed by atoms with Gasteiger partial charge in [-0.2, -0.15) is 0 Å². The molecule has 0 aliphatic heterocycles. The SMILES string of the molecule is CC(C)C(C)(CN)NC(=O)C1C(C)(C)C1(C)C.Cl. The number of hydrogen-bond acceptors (Lipinski definition) is 2. The van der Waals surface area contributed by atoms with Crippen molar-refractivity contribution in [2.24, 2.45) is 28.4 Å². The molecule has 0 aromatic heterocycles. The van der Waals surface area contributed by atoms with E-state index in [2.05, 4.69) is 46.9 Å². The first kappa shape index (κ1) is 17.7. The number of carbonyl (C=O) groups is 1. The zero-order valence-corrected chi connectivity index (χ0v) is 13.6. The minimum Gasteiger partial charge on any atom is -0.349 e. The van der Waals surface area contributed by atoms with Gasteiger partial charge in [0.05, 0.1) is 5.54 Å². The van der Waals surface area contributed by atoms with Crippen LogP contribution >= 0.6 is 12.4 Å². The molecule has 1 amide bonds. The molecule has 4 heteroatoms. The first-order valence-corrected chi connectivity index (χ1v) is 6.53. The molecule has 1 rings (SSSR count). The van der Waals surface area contributed by atoms with Crippen molar-refractivity contribution >= 4 is 18.3 Å². The Morgan fingerprint density at radius 3 is 1.89 bits per heavy atom. The highest BCUT2D eigenvalue weighted by Crippen LogP contribution is 2.68. The van der Waals surface area contributed by atoms with E-state index in [9.17, 15) is 4.79 Å². The quantitative estimate of drug-likeness (QED) is 0.829.